The van der Waals surface area contributed by atoms with Crippen LogP contribution in [-0.4, -0.2) is 36.1 Å². The summed E-state index contributed by atoms with van der Waals surface area (Å²) in [6.45, 7) is 9.60. The highest BCUT2D eigenvalue weighted by Crippen LogP contribution is 2.35. The third kappa shape index (κ3) is 5.00. The van der Waals surface area contributed by atoms with Gasteiger partial charge in [-0.25, -0.2) is 4.68 Å². The van der Waals surface area contributed by atoms with Gasteiger partial charge in [0.15, 0.2) is 5.82 Å². The number of fused-ring (bicyclic) bond motifs is 1. The van der Waals surface area contributed by atoms with Crippen molar-refractivity contribution in [2.45, 2.75) is 85.0 Å². The topological polar surface area (TPSA) is 92.8 Å². The lowest BCUT2D eigenvalue weighted by molar-refractivity contribution is 0.0610. The van der Waals surface area contributed by atoms with Gasteiger partial charge in [0, 0.05) is 18.2 Å². The monoisotopic (exact) mass is 488 g/mol. The molecular weight excluding hydrogens is 452 g/mol. The van der Waals surface area contributed by atoms with Crippen molar-refractivity contribution >= 4 is 10.9 Å². The van der Waals surface area contributed by atoms with Crippen molar-refractivity contribution in [3.05, 3.63) is 75.2 Å². The van der Waals surface area contributed by atoms with E-state index >= 15 is 0 Å². The molecule has 3 aromatic heterocycles. The molecule has 0 aliphatic heterocycles. The van der Waals surface area contributed by atoms with Gasteiger partial charge in [0.25, 0.3) is 5.56 Å². The molecule has 0 radical (unpaired) electrons. The van der Waals surface area contributed by atoms with Crippen molar-refractivity contribution in [1.29, 1.82) is 0 Å². The molecule has 1 fully saturated rings. The van der Waals surface area contributed by atoms with Crippen LogP contribution >= 0.6 is 0 Å². The predicted molar refractivity (Wildman–Crippen MR) is 140 cm³/mol. The van der Waals surface area contributed by atoms with Crippen LogP contribution in [0, 0.1) is 19.8 Å². The molecule has 1 aliphatic carbocycles. The highest BCUT2D eigenvalue weighted by Gasteiger charge is 2.35. The molecule has 36 heavy (non-hydrogen) atoms. The van der Waals surface area contributed by atoms with Gasteiger partial charge in [-0.05, 0) is 78.2 Å². The smallest absolute Gasteiger partial charge is 0.252 e. The lowest BCUT2D eigenvalue weighted by Gasteiger charge is -2.41. The van der Waals surface area contributed by atoms with Crippen LogP contribution < -0.4 is 5.56 Å². The number of benzene rings is 1. The molecule has 4 aromatic rings. The number of pyridine rings is 1. The van der Waals surface area contributed by atoms with Gasteiger partial charge >= 0.3 is 0 Å². The molecule has 0 saturated heterocycles. The lowest BCUT2D eigenvalue weighted by atomic mass is 9.90. The summed E-state index contributed by atoms with van der Waals surface area (Å²) >= 11 is 0. The van der Waals surface area contributed by atoms with Gasteiger partial charge in [-0.1, -0.05) is 44.7 Å². The number of hydrogen-bond donors (Lipinski definition) is 1. The van der Waals surface area contributed by atoms with E-state index in [4.69, 9.17) is 4.42 Å². The minimum atomic E-state index is -0.0348. The van der Waals surface area contributed by atoms with E-state index in [2.05, 4.69) is 64.4 Å². The maximum absolute atomic E-state index is 13.3. The third-order valence-corrected chi connectivity index (χ3v) is 7.47. The molecule has 1 atom stereocenters. The van der Waals surface area contributed by atoms with Crippen LogP contribution in [0.15, 0.2) is 45.8 Å². The number of tetrazole rings is 1. The minimum absolute atomic E-state index is 0.0204. The average molecular weight is 489 g/mol. The fraction of sp³-hybridized carbons (Fsp3) is 0.500. The molecular formula is C28H36N6O2. The van der Waals surface area contributed by atoms with Gasteiger partial charge in [0.2, 0.25) is 0 Å². The quantitative estimate of drug-likeness (QED) is 0.362. The number of nitrogens with zero attached hydrogens (tertiary/aromatic N) is 5. The summed E-state index contributed by atoms with van der Waals surface area (Å²) in [6.07, 6.45) is 7.58. The van der Waals surface area contributed by atoms with Crippen molar-refractivity contribution in [3.8, 4) is 0 Å². The number of furan rings is 1. The van der Waals surface area contributed by atoms with E-state index in [1.165, 1.54) is 24.8 Å². The average Bonchev–Trinajstić information content (AvgIpc) is 3.53. The summed E-state index contributed by atoms with van der Waals surface area (Å²) in [5.74, 6) is 1.88. The summed E-state index contributed by atoms with van der Waals surface area (Å²) in [5.41, 5.74) is 3.97. The first-order valence-corrected chi connectivity index (χ1v) is 13.1. The van der Waals surface area contributed by atoms with Crippen molar-refractivity contribution in [3.63, 3.8) is 0 Å². The van der Waals surface area contributed by atoms with Gasteiger partial charge in [-0.15, -0.1) is 5.10 Å². The van der Waals surface area contributed by atoms with Gasteiger partial charge in [0.05, 0.1) is 17.8 Å². The van der Waals surface area contributed by atoms with E-state index in [0.29, 0.717) is 19.1 Å². The molecule has 1 N–H and O–H groups in total. The Labute approximate surface area is 211 Å². The summed E-state index contributed by atoms with van der Waals surface area (Å²) in [4.78, 5) is 19.0. The summed E-state index contributed by atoms with van der Waals surface area (Å²) in [6, 6.07) is 10.5. The Morgan fingerprint density at radius 1 is 1.17 bits per heavy atom. The Balaban J connectivity index is 1.56. The molecule has 1 aliphatic rings. The largest absolute Gasteiger partial charge is 0.467 e. The number of aromatic amines is 1. The first-order valence-electron chi connectivity index (χ1n) is 13.1. The molecule has 8 heteroatoms. The highest BCUT2D eigenvalue weighted by atomic mass is 16.3. The Morgan fingerprint density at radius 2 is 1.97 bits per heavy atom. The Hall–Kier alpha value is -3.26. The number of aromatic nitrogens is 5. The van der Waals surface area contributed by atoms with E-state index in [-0.39, 0.29) is 17.5 Å². The van der Waals surface area contributed by atoms with E-state index in [0.717, 1.165) is 46.5 Å². The zero-order valence-corrected chi connectivity index (χ0v) is 21.7. The zero-order valence-electron chi connectivity index (χ0n) is 21.7. The Morgan fingerprint density at radius 3 is 2.69 bits per heavy atom. The summed E-state index contributed by atoms with van der Waals surface area (Å²) < 4.78 is 7.42. The molecule has 0 bridgehead atoms. The lowest BCUT2D eigenvalue weighted by Crippen LogP contribution is -2.43. The van der Waals surface area contributed by atoms with Gasteiger partial charge < -0.3 is 9.40 Å². The Kier molecular flexibility index (Phi) is 7.05. The van der Waals surface area contributed by atoms with E-state index in [9.17, 15) is 4.79 Å². The molecule has 8 nitrogen and oxygen atoms in total. The second-order valence-corrected chi connectivity index (χ2v) is 10.6. The van der Waals surface area contributed by atoms with Crippen molar-refractivity contribution in [2.24, 2.45) is 5.92 Å². The zero-order chi connectivity index (χ0) is 25.2. The summed E-state index contributed by atoms with van der Waals surface area (Å²) in [5, 5.41) is 13.9. The van der Waals surface area contributed by atoms with Crippen LogP contribution in [0.25, 0.3) is 10.9 Å². The normalized spacial score (nSPS) is 15.8. The number of H-pyrrole nitrogens is 1. The standard InChI is InChI=1S/C28H36N6O2/c1-18(2)26(27-30-31-32-34(27)17-24-11-8-12-36-24)33(23-9-6-5-7-10-23)16-22-15-21-14-19(3)13-20(4)25(21)29-28(22)35/h8,11-15,18,23,26H,5-7,9-10,16-17H2,1-4H3,(H,29,35)/t26-/m0/s1. The molecule has 5 rings (SSSR count). The van der Waals surface area contributed by atoms with Crippen molar-refractivity contribution in [1.82, 2.24) is 30.1 Å². The van der Waals surface area contributed by atoms with Crippen LogP contribution in [0.2, 0.25) is 0 Å². The maximum atomic E-state index is 13.3. The van der Waals surface area contributed by atoms with Crippen molar-refractivity contribution < 1.29 is 4.42 Å². The van der Waals surface area contributed by atoms with Crippen LogP contribution in [0.1, 0.15) is 80.3 Å². The fourth-order valence-electron chi connectivity index (χ4n) is 5.83. The van der Waals surface area contributed by atoms with Gasteiger partial charge in [-0.3, -0.25) is 9.69 Å². The van der Waals surface area contributed by atoms with E-state index in [1.807, 2.05) is 23.7 Å². The fourth-order valence-corrected chi connectivity index (χ4v) is 5.83. The number of rotatable bonds is 8. The van der Waals surface area contributed by atoms with Crippen LogP contribution in [0.5, 0.6) is 0 Å². The second kappa shape index (κ2) is 10.4. The predicted octanol–water partition coefficient (Wildman–Crippen LogP) is 5.30. The number of nitrogens with one attached hydrogen (secondary N) is 1. The first kappa shape index (κ1) is 24.4. The highest BCUT2D eigenvalue weighted by molar-refractivity contribution is 5.82. The molecule has 0 amide bonds. The van der Waals surface area contributed by atoms with Crippen LogP contribution in [0.3, 0.4) is 0 Å². The second-order valence-electron chi connectivity index (χ2n) is 10.6. The van der Waals surface area contributed by atoms with E-state index < -0.39 is 0 Å². The molecule has 0 spiro atoms. The number of hydrogen-bond acceptors (Lipinski definition) is 6. The molecule has 190 valence electrons. The van der Waals surface area contributed by atoms with Gasteiger partial charge in [-0.2, -0.15) is 0 Å². The molecule has 1 aromatic carbocycles. The molecule has 0 unspecified atom stereocenters. The minimum Gasteiger partial charge on any atom is -0.467 e. The van der Waals surface area contributed by atoms with Crippen molar-refractivity contribution in [2.75, 3.05) is 0 Å². The van der Waals surface area contributed by atoms with Gasteiger partial charge in [0.1, 0.15) is 12.3 Å². The SMILES string of the molecule is Cc1cc(C)c2[nH]c(=O)c(CN(C3CCCCC3)[C@H](c3nnnn3Cc3ccco3)C(C)C)cc2c1. The maximum Gasteiger partial charge on any atom is 0.252 e. The van der Waals surface area contributed by atoms with Crippen LogP contribution in [-0.2, 0) is 13.1 Å². The number of aryl methyl sites for hydroxylation is 2. The first-order chi connectivity index (χ1) is 17.4. The summed E-state index contributed by atoms with van der Waals surface area (Å²) in [7, 11) is 0. The van der Waals surface area contributed by atoms with E-state index in [1.54, 1.807) is 6.26 Å². The van der Waals surface area contributed by atoms with Crippen LogP contribution in [0.4, 0.5) is 0 Å². The third-order valence-electron chi connectivity index (χ3n) is 7.47. The molecule has 3 heterocycles. The molecule has 1 saturated carbocycles. The Bertz CT molecular complexity index is 1360.